The van der Waals surface area contributed by atoms with Gasteiger partial charge in [0.05, 0.1) is 14.2 Å². The van der Waals surface area contributed by atoms with Crippen LogP contribution in [0.15, 0.2) is 60.0 Å². The van der Waals surface area contributed by atoms with E-state index in [1.165, 1.54) is 15.8 Å². The van der Waals surface area contributed by atoms with Gasteiger partial charge in [0.15, 0.2) is 0 Å². The summed E-state index contributed by atoms with van der Waals surface area (Å²) in [6.07, 6.45) is 4.73. The zero-order chi connectivity index (χ0) is 22.3. The SMILES string of the molecule is COc1ccc(OC)c(C=CC(=O)N2CCN(S(=O)(=O)C=Cc3ccccc3)CC2)c1. The van der Waals surface area contributed by atoms with Crippen LogP contribution in [0.2, 0.25) is 0 Å². The molecule has 2 aromatic rings. The van der Waals surface area contributed by atoms with Gasteiger partial charge in [0, 0.05) is 43.2 Å². The maximum Gasteiger partial charge on any atom is 0.246 e. The van der Waals surface area contributed by atoms with Gasteiger partial charge in [-0.2, -0.15) is 4.31 Å². The van der Waals surface area contributed by atoms with Crippen molar-refractivity contribution >= 4 is 28.1 Å². The van der Waals surface area contributed by atoms with Crippen LogP contribution in [0.25, 0.3) is 12.2 Å². The zero-order valence-electron chi connectivity index (χ0n) is 17.6. The monoisotopic (exact) mass is 442 g/mol. The Kier molecular flexibility index (Phi) is 7.49. The minimum atomic E-state index is -3.54. The van der Waals surface area contributed by atoms with Crippen molar-refractivity contribution in [2.24, 2.45) is 0 Å². The lowest BCUT2D eigenvalue weighted by Crippen LogP contribution is -2.49. The molecule has 3 rings (SSSR count). The van der Waals surface area contributed by atoms with Gasteiger partial charge in [0.1, 0.15) is 11.5 Å². The van der Waals surface area contributed by atoms with Crippen molar-refractivity contribution in [3.05, 3.63) is 71.1 Å². The number of piperazine rings is 1. The summed E-state index contributed by atoms with van der Waals surface area (Å²) >= 11 is 0. The lowest BCUT2D eigenvalue weighted by molar-refractivity contribution is -0.127. The molecule has 1 aliphatic heterocycles. The van der Waals surface area contributed by atoms with Gasteiger partial charge in [-0.3, -0.25) is 4.79 Å². The van der Waals surface area contributed by atoms with Crippen LogP contribution in [0.3, 0.4) is 0 Å². The van der Waals surface area contributed by atoms with Gasteiger partial charge in [0.2, 0.25) is 15.9 Å². The highest BCUT2D eigenvalue weighted by Gasteiger charge is 2.26. The number of ether oxygens (including phenoxy) is 2. The van der Waals surface area contributed by atoms with E-state index >= 15 is 0 Å². The van der Waals surface area contributed by atoms with E-state index in [0.29, 0.717) is 24.6 Å². The lowest BCUT2D eigenvalue weighted by Gasteiger charge is -2.32. The topological polar surface area (TPSA) is 76.2 Å². The molecule has 0 saturated carbocycles. The second-order valence-electron chi connectivity index (χ2n) is 6.92. The van der Waals surface area contributed by atoms with Gasteiger partial charge < -0.3 is 14.4 Å². The molecule has 7 nitrogen and oxygen atoms in total. The molecule has 1 amide bonds. The van der Waals surface area contributed by atoms with Crippen LogP contribution in [0, 0.1) is 0 Å². The van der Waals surface area contributed by atoms with Gasteiger partial charge >= 0.3 is 0 Å². The molecule has 2 aromatic carbocycles. The number of sulfonamides is 1. The number of hydrogen-bond donors (Lipinski definition) is 0. The number of rotatable bonds is 7. The molecule has 31 heavy (non-hydrogen) atoms. The third kappa shape index (κ3) is 5.96. The van der Waals surface area contributed by atoms with E-state index in [1.807, 2.05) is 30.3 Å². The Balaban J connectivity index is 1.60. The number of benzene rings is 2. The molecular formula is C23H26N2O5S. The van der Waals surface area contributed by atoms with Crippen molar-refractivity contribution in [2.75, 3.05) is 40.4 Å². The Morgan fingerprint density at radius 3 is 2.29 bits per heavy atom. The third-order valence-corrected chi connectivity index (χ3v) is 6.55. The van der Waals surface area contributed by atoms with E-state index in [2.05, 4.69) is 0 Å². The molecule has 0 N–H and O–H groups in total. The molecule has 1 fully saturated rings. The molecule has 0 aliphatic carbocycles. The molecule has 1 heterocycles. The van der Waals surface area contributed by atoms with E-state index in [4.69, 9.17) is 9.47 Å². The highest BCUT2D eigenvalue weighted by atomic mass is 32.2. The number of nitrogens with zero attached hydrogens (tertiary/aromatic N) is 2. The molecule has 0 radical (unpaired) electrons. The zero-order valence-corrected chi connectivity index (χ0v) is 18.4. The largest absolute Gasteiger partial charge is 0.497 e. The molecule has 0 atom stereocenters. The first-order valence-electron chi connectivity index (χ1n) is 9.85. The Morgan fingerprint density at radius 1 is 0.935 bits per heavy atom. The molecular weight excluding hydrogens is 416 g/mol. The van der Waals surface area contributed by atoms with Crippen LogP contribution in [0.4, 0.5) is 0 Å². The fourth-order valence-electron chi connectivity index (χ4n) is 3.21. The average molecular weight is 443 g/mol. The number of amides is 1. The molecule has 1 aliphatic rings. The van der Waals surface area contributed by atoms with Crippen LogP contribution in [0.1, 0.15) is 11.1 Å². The van der Waals surface area contributed by atoms with Crippen molar-refractivity contribution < 1.29 is 22.7 Å². The first-order valence-corrected chi connectivity index (χ1v) is 11.4. The summed E-state index contributed by atoms with van der Waals surface area (Å²) in [6.45, 7) is 1.17. The number of carbonyl (C=O) groups is 1. The standard InChI is InChI=1S/C23H26N2O5S/c1-29-21-9-10-22(30-2)20(18-21)8-11-23(26)24-13-15-25(16-14-24)31(27,28)17-12-19-6-4-3-5-7-19/h3-12,17-18H,13-16H2,1-2H3. The van der Waals surface area contributed by atoms with Gasteiger partial charge in [-0.15, -0.1) is 0 Å². The Hall–Kier alpha value is -3.10. The van der Waals surface area contributed by atoms with Crippen LogP contribution in [-0.4, -0.2) is 63.9 Å². The summed E-state index contributed by atoms with van der Waals surface area (Å²) < 4.78 is 37.1. The smallest absolute Gasteiger partial charge is 0.246 e. The van der Waals surface area contributed by atoms with E-state index in [1.54, 1.807) is 49.5 Å². The summed E-state index contributed by atoms with van der Waals surface area (Å²) in [6, 6.07) is 14.6. The third-order valence-electron chi connectivity index (χ3n) is 4.98. The summed E-state index contributed by atoms with van der Waals surface area (Å²) in [7, 11) is -0.401. The number of methoxy groups -OCH3 is 2. The Labute approximate surface area is 183 Å². The highest BCUT2D eigenvalue weighted by molar-refractivity contribution is 7.92. The van der Waals surface area contributed by atoms with Crippen molar-refractivity contribution in [1.82, 2.24) is 9.21 Å². The van der Waals surface area contributed by atoms with Gasteiger partial charge in [-0.05, 0) is 35.9 Å². The van der Waals surface area contributed by atoms with Crippen LogP contribution < -0.4 is 9.47 Å². The average Bonchev–Trinajstić information content (AvgIpc) is 2.81. The van der Waals surface area contributed by atoms with Gasteiger partial charge in [-0.1, -0.05) is 30.3 Å². The summed E-state index contributed by atoms with van der Waals surface area (Å²) in [5, 5.41) is 1.22. The lowest BCUT2D eigenvalue weighted by atomic mass is 10.1. The highest BCUT2D eigenvalue weighted by Crippen LogP contribution is 2.25. The molecule has 1 saturated heterocycles. The fraction of sp³-hybridized carbons (Fsp3) is 0.261. The van der Waals surface area contributed by atoms with E-state index in [9.17, 15) is 13.2 Å². The molecule has 164 valence electrons. The Bertz CT molecular complexity index is 1060. The minimum absolute atomic E-state index is 0.179. The maximum atomic E-state index is 12.6. The van der Waals surface area contributed by atoms with Gasteiger partial charge in [-0.25, -0.2) is 8.42 Å². The second-order valence-corrected chi connectivity index (χ2v) is 8.74. The molecule has 0 aromatic heterocycles. The molecule has 0 bridgehead atoms. The predicted molar refractivity (Wildman–Crippen MR) is 121 cm³/mol. The van der Waals surface area contributed by atoms with Crippen molar-refractivity contribution in [3.63, 3.8) is 0 Å². The quantitative estimate of drug-likeness (QED) is 0.617. The predicted octanol–water partition coefficient (Wildman–Crippen LogP) is 2.86. The molecule has 0 unspecified atom stereocenters. The van der Waals surface area contributed by atoms with Gasteiger partial charge in [0.25, 0.3) is 0 Å². The summed E-state index contributed by atoms with van der Waals surface area (Å²) in [5.41, 5.74) is 1.54. The molecule has 0 spiro atoms. The Morgan fingerprint density at radius 2 is 1.65 bits per heavy atom. The fourth-order valence-corrected chi connectivity index (χ4v) is 4.39. The van der Waals surface area contributed by atoms with E-state index in [-0.39, 0.29) is 19.0 Å². The minimum Gasteiger partial charge on any atom is -0.497 e. The number of hydrogen-bond acceptors (Lipinski definition) is 5. The normalized spacial score (nSPS) is 15.5. The van der Waals surface area contributed by atoms with E-state index < -0.39 is 10.0 Å². The van der Waals surface area contributed by atoms with Crippen molar-refractivity contribution in [3.8, 4) is 11.5 Å². The van der Waals surface area contributed by atoms with Crippen molar-refractivity contribution in [2.45, 2.75) is 0 Å². The van der Waals surface area contributed by atoms with Crippen LogP contribution >= 0.6 is 0 Å². The summed E-state index contributed by atoms with van der Waals surface area (Å²) in [5.74, 6) is 1.11. The van der Waals surface area contributed by atoms with E-state index in [0.717, 1.165) is 11.1 Å². The van der Waals surface area contributed by atoms with Crippen LogP contribution in [0.5, 0.6) is 11.5 Å². The first kappa shape index (κ1) is 22.6. The molecule has 8 heteroatoms. The number of carbonyl (C=O) groups excluding carboxylic acids is 1. The first-order chi connectivity index (χ1) is 14.9. The van der Waals surface area contributed by atoms with Crippen molar-refractivity contribution in [1.29, 1.82) is 0 Å². The second kappa shape index (κ2) is 10.3. The van der Waals surface area contributed by atoms with Crippen LogP contribution in [-0.2, 0) is 14.8 Å². The maximum absolute atomic E-state index is 12.6. The summed E-state index contributed by atoms with van der Waals surface area (Å²) in [4.78, 5) is 14.2.